The summed E-state index contributed by atoms with van der Waals surface area (Å²) < 4.78 is 12.5. The van der Waals surface area contributed by atoms with Crippen molar-refractivity contribution in [1.29, 1.82) is 0 Å². The minimum absolute atomic E-state index is 0.0399. The molecule has 0 unspecified atom stereocenters. The smallest absolute Gasteiger partial charge is 0.201 e. The molecule has 4 aliphatic rings. The first-order chi connectivity index (χ1) is 23.3. The Kier molecular flexibility index (Phi) is 9.30. The number of hydrogen-bond acceptors (Lipinski definition) is 8. The molecule has 9 heteroatoms. The highest BCUT2D eigenvalue weighted by atomic mass is 16.5. The van der Waals surface area contributed by atoms with Crippen LogP contribution in [0.3, 0.4) is 0 Å². The second-order valence-corrected chi connectivity index (χ2v) is 14.2. The number of aliphatic hydroxyl groups excluding tert-OH is 2. The van der Waals surface area contributed by atoms with Crippen LogP contribution in [-0.4, -0.2) is 62.9 Å². The summed E-state index contributed by atoms with van der Waals surface area (Å²) in [6, 6.07) is 8.35. The third kappa shape index (κ3) is 5.91. The van der Waals surface area contributed by atoms with Crippen LogP contribution in [0.1, 0.15) is 89.8 Å². The van der Waals surface area contributed by atoms with Gasteiger partial charge in [0.05, 0.1) is 32.0 Å². The van der Waals surface area contributed by atoms with E-state index in [2.05, 4.69) is 40.7 Å². The maximum absolute atomic E-state index is 11.5. The molecule has 3 aromatic rings. The molecule has 2 heterocycles. The average Bonchev–Trinajstić information content (AvgIpc) is 3.62. The van der Waals surface area contributed by atoms with Crippen molar-refractivity contribution in [1.82, 2.24) is 10.3 Å². The Bertz CT molecular complexity index is 1670. The fourth-order valence-electron chi connectivity index (χ4n) is 9.14. The number of rotatable bonds is 8. The van der Waals surface area contributed by atoms with E-state index in [9.17, 15) is 25.5 Å². The molecule has 1 saturated carbocycles. The van der Waals surface area contributed by atoms with Gasteiger partial charge >= 0.3 is 0 Å². The molecule has 3 aliphatic carbocycles. The van der Waals surface area contributed by atoms with Gasteiger partial charge < -0.3 is 45.3 Å². The molecule has 2 aromatic carbocycles. The highest BCUT2D eigenvalue weighted by Gasteiger charge is 2.44. The largest absolute Gasteiger partial charge is 0.508 e. The number of nitrogens with one attached hydrogen (secondary N) is 2. The summed E-state index contributed by atoms with van der Waals surface area (Å²) in [6.07, 6.45) is 16.5. The molecule has 48 heavy (non-hydrogen) atoms. The van der Waals surface area contributed by atoms with Crippen molar-refractivity contribution in [3.05, 3.63) is 94.3 Å². The lowest BCUT2D eigenvalue weighted by molar-refractivity contribution is -0.154. The standard InChI is InChI=1S/C39H48N2O7/c1-40-25-8-10-26-24(15-25)4-3-5-27(26)29-16-22(7-11-32(29)43)23-6-9-28-33(44)18-35(48-34(28)17-23)36-30(14-21-12-13-41-19-21)39(47-2)38(46)37(45)31(36)20-42/h3,5,7-8,10-13,16,19,23-28,33-35,40-46H,4,6,9,14-15,17-18,20H2,1-2H3/t23-,24+,25-,26-,27-,28+,33+,34+,35+/m1/s1. The first-order valence-corrected chi connectivity index (χ1v) is 17.4. The summed E-state index contributed by atoms with van der Waals surface area (Å²) in [6.45, 7) is -0.510. The molecule has 1 saturated heterocycles. The van der Waals surface area contributed by atoms with Crippen LogP contribution < -0.4 is 10.1 Å². The van der Waals surface area contributed by atoms with Crippen molar-refractivity contribution >= 4 is 0 Å². The summed E-state index contributed by atoms with van der Waals surface area (Å²) in [5, 5.41) is 58.3. The molecule has 0 amide bonds. The van der Waals surface area contributed by atoms with Crippen LogP contribution in [0.4, 0.5) is 0 Å². The zero-order chi connectivity index (χ0) is 33.5. The van der Waals surface area contributed by atoms with E-state index in [-0.39, 0.29) is 35.2 Å². The number of aromatic hydroxyl groups is 3. The number of H-pyrrole nitrogens is 1. The summed E-state index contributed by atoms with van der Waals surface area (Å²) >= 11 is 0. The Labute approximate surface area is 281 Å². The number of likely N-dealkylation sites (N-methyl/N-ethyl adjacent to an activating group) is 1. The van der Waals surface area contributed by atoms with Crippen molar-refractivity contribution < 1.29 is 35.0 Å². The number of aliphatic hydroxyl groups is 2. The van der Waals surface area contributed by atoms with Gasteiger partial charge in [0.1, 0.15) is 5.75 Å². The van der Waals surface area contributed by atoms with Gasteiger partial charge in [-0.2, -0.15) is 0 Å². The van der Waals surface area contributed by atoms with Crippen molar-refractivity contribution in [2.45, 2.75) is 87.7 Å². The topological polar surface area (TPSA) is 147 Å². The highest BCUT2D eigenvalue weighted by Crippen LogP contribution is 2.53. The van der Waals surface area contributed by atoms with Crippen LogP contribution >= 0.6 is 0 Å². The van der Waals surface area contributed by atoms with Crippen LogP contribution in [0, 0.1) is 17.8 Å². The zero-order valence-electron chi connectivity index (χ0n) is 27.7. The lowest BCUT2D eigenvalue weighted by Crippen LogP contribution is -2.44. The Balaban J connectivity index is 1.18. The lowest BCUT2D eigenvalue weighted by Gasteiger charge is -2.46. The first kappa shape index (κ1) is 32.8. The van der Waals surface area contributed by atoms with E-state index >= 15 is 0 Å². The van der Waals surface area contributed by atoms with Gasteiger partial charge in [-0.15, -0.1) is 0 Å². The van der Waals surface area contributed by atoms with E-state index in [1.54, 1.807) is 0 Å². The average molecular weight is 657 g/mol. The molecule has 1 aromatic heterocycles. The number of aromatic amines is 1. The first-order valence-electron chi connectivity index (χ1n) is 17.4. The number of benzene rings is 2. The molecule has 256 valence electrons. The van der Waals surface area contributed by atoms with Gasteiger partial charge in [-0.05, 0) is 85.7 Å². The quantitative estimate of drug-likeness (QED) is 0.119. The lowest BCUT2D eigenvalue weighted by atomic mass is 9.67. The molecular weight excluding hydrogens is 608 g/mol. The second kappa shape index (κ2) is 13.6. The molecule has 7 rings (SSSR count). The maximum atomic E-state index is 11.5. The number of hydrogen-bond donors (Lipinski definition) is 7. The van der Waals surface area contributed by atoms with Crippen LogP contribution in [-0.2, 0) is 17.8 Å². The van der Waals surface area contributed by atoms with Crippen LogP contribution in [0.2, 0.25) is 0 Å². The number of fused-ring (bicyclic) bond motifs is 2. The molecule has 0 spiro atoms. The number of methoxy groups -OCH3 is 1. The molecule has 9 atom stereocenters. The predicted octanol–water partition coefficient (Wildman–Crippen LogP) is 5.82. The van der Waals surface area contributed by atoms with E-state index < -0.39 is 30.3 Å². The fourth-order valence-corrected chi connectivity index (χ4v) is 9.14. The van der Waals surface area contributed by atoms with E-state index in [1.165, 1.54) is 7.11 Å². The molecular formula is C39H48N2O7. The Hall–Kier alpha value is -3.76. The summed E-state index contributed by atoms with van der Waals surface area (Å²) in [5.74, 6) is 0.712. The highest BCUT2D eigenvalue weighted by molar-refractivity contribution is 5.64. The van der Waals surface area contributed by atoms with Crippen molar-refractivity contribution in [3.63, 3.8) is 0 Å². The Morgan fingerprint density at radius 2 is 1.85 bits per heavy atom. The Morgan fingerprint density at radius 1 is 1.00 bits per heavy atom. The normalized spacial score (nSPS) is 31.3. The number of aromatic nitrogens is 1. The van der Waals surface area contributed by atoms with E-state index in [4.69, 9.17) is 9.47 Å². The summed E-state index contributed by atoms with van der Waals surface area (Å²) in [7, 11) is 3.45. The third-order valence-electron chi connectivity index (χ3n) is 11.6. The molecule has 0 bridgehead atoms. The predicted molar refractivity (Wildman–Crippen MR) is 182 cm³/mol. The van der Waals surface area contributed by atoms with E-state index in [0.717, 1.165) is 42.4 Å². The monoisotopic (exact) mass is 656 g/mol. The molecule has 1 aliphatic heterocycles. The molecule has 2 fully saturated rings. The van der Waals surface area contributed by atoms with Gasteiger partial charge in [-0.1, -0.05) is 36.4 Å². The number of ether oxygens (including phenoxy) is 2. The van der Waals surface area contributed by atoms with Gasteiger partial charge in [-0.25, -0.2) is 0 Å². The van der Waals surface area contributed by atoms with Gasteiger partial charge in [0.15, 0.2) is 11.5 Å². The van der Waals surface area contributed by atoms with Crippen molar-refractivity contribution in [3.8, 4) is 23.0 Å². The van der Waals surface area contributed by atoms with E-state index in [0.29, 0.717) is 54.0 Å². The van der Waals surface area contributed by atoms with Crippen LogP contribution in [0.15, 0.2) is 61.0 Å². The fraction of sp³-hybridized carbons (Fsp3) is 0.487. The minimum atomic E-state index is -0.637. The maximum Gasteiger partial charge on any atom is 0.201 e. The van der Waals surface area contributed by atoms with Crippen LogP contribution in [0.25, 0.3) is 0 Å². The van der Waals surface area contributed by atoms with Crippen molar-refractivity contribution in [2.24, 2.45) is 17.8 Å². The summed E-state index contributed by atoms with van der Waals surface area (Å²) in [4.78, 5) is 3.05. The Morgan fingerprint density at radius 3 is 2.60 bits per heavy atom. The van der Waals surface area contributed by atoms with Crippen molar-refractivity contribution in [2.75, 3.05) is 14.2 Å². The number of phenolic OH excluding ortho intramolecular Hbond substituents is 2. The van der Waals surface area contributed by atoms with Gasteiger partial charge in [-0.3, -0.25) is 0 Å². The third-order valence-corrected chi connectivity index (χ3v) is 11.6. The molecule has 0 radical (unpaired) electrons. The molecule has 7 N–H and O–H groups in total. The zero-order valence-corrected chi connectivity index (χ0v) is 27.7. The van der Waals surface area contributed by atoms with Gasteiger partial charge in [0, 0.05) is 59.8 Å². The number of phenols is 3. The minimum Gasteiger partial charge on any atom is -0.508 e. The number of allylic oxidation sites excluding steroid dienone is 3. The van der Waals surface area contributed by atoms with Gasteiger partial charge in [0.2, 0.25) is 5.75 Å². The second-order valence-electron chi connectivity index (χ2n) is 14.2. The SMILES string of the molecule is CN[C@@H]1C=C[C@@H]2[C@@H](CC=C[C@H]2c2cc([C@@H]3CC[C@@H]4[C@H](C3)O[C@H](c3c(CO)c(O)c(O)c(OC)c3Cc3cc[nH]c3)C[C@@H]4O)ccc2O)C1. The molecule has 9 nitrogen and oxygen atoms in total. The van der Waals surface area contributed by atoms with Gasteiger partial charge in [0.25, 0.3) is 0 Å². The summed E-state index contributed by atoms with van der Waals surface area (Å²) in [5.41, 5.74) is 4.41. The van der Waals surface area contributed by atoms with E-state index in [1.807, 2.05) is 37.6 Å². The van der Waals surface area contributed by atoms with Crippen LogP contribution in [0.5, 0.6) is 23.0 Å².